The van der Waals surface area contributed by atoms with Crippen LogP contribution in [0, 0.1) is 5.82 Å². The first-order valence-corrected chi connectivity index (χ1v) is 13.1. The van der Waals surface area contributed by atoms with E-state index in [-0.39, 0.29) is 11.7 Å². The van der Waals surface area contributed by atoms with Crippen LogP contribution in [0.15, 0.2) is 97.5 Å². The van der Waals surface area contributed by atoms with Crippen LogP contribution in [0.1, 0.15) is 5.56 Å². The molecule has 39 heavy (non-hydrogen) atoms. The van der Waals surface area contributed by atoms with Crippen molar-refractivity contribution < 1.29 is 9.18 Å². The molecule has 194 valence electrons. The first-order valence-electron chi connectivity index (χ1n) is 12.7. The highest BCUT2D eigenvalue weighted by Crippen LogP contribution is 2.38. The SMILES string of the molecule is O=C(/C=C/c1ccc(F)cc1)N1CCN(c2ncnc3c2c(-c2ccccc2)cn3-c2ccccc2Cl)CC1. The van der Waals surface area contributed by atoms with Crippen LogP contribution in [0.25, 0.3) is 33.9 Å². The Hall–Kier alpha value is -4.49. The number of piperazine rings is 1. The molecule has 0 bridgehead atoms. The van der Waals surface area contributed by atoms with Gasteiger partial charge in [-0.1, -0.05) is 66.2 Å². The minimum Gasteiger partial charge on any atom is -0.352 e. The normalized spacial score (nSPS) is 13.9. The van der Waals surface area contributed by atoms with Gasteiger partial charge >= 0.3 is 0 Å². The zero-order chi connectivity index (χ0) is 26.8. The van der Waals surface area contributed by atoms with Crippen LogP contribution >= 0.6 is 11.6 Å². The van der Waals surface area contributed by atoms with E-state index in [1.54, 1.807) is 30.6 Å². The lowest BCUT2D eigenvalue weighted by molar-refractivity contribution is -0.126. The zero-order valence-electron chi connectivity index (χ0n) is 21.0. The van der Waals surface area contributed by atoms with E-state index < -0.39 is 0 Å². The van der Waals surface area contributed by atoms with Crippen molar-refractivity contribution in [2.24, 2.45) is 0 Å². The molecular weight excluding hydrogens is 513 g/mol. The molecule has 1 aliphatic heterocycles. The number of anilines is 1. The minimum absolute atomic E-state index is 0.0679. The van der Waals surface area contributed by atoms with Gasteiger partial charge in [-0.25, -0.2) is 14.4 Å². The summed E-state index contributed by atoms with van der Waals surface area (Å²) in [6.07, 6.45) is 6.91. The Morgan fingerprint density at radius 3 is 2.33 bits per heavy atom. The Morgan fingerprint density at radius 1 is 0.872 bits per heavy atom. The average molecular weight is 538 g/mol. The van der Waals surface area contributed by atoms with Crippen molar-refractivity contribution in [3.8, 4) is 16.8 Å². The van der Waals surface area contributed by atoms with Crippen molar-refractivity contribution in [3.05, 3.63) is 114 Å². The molecule has 0 atom stereocenters. The van der Waals surface area contributed by atoms with Crippen LogP contribution < -0.4 is 4.90 Å². The largest absolute Gasteiger partial charge is 0.352 e. The summed E-state index contributed by atoms with van der Waals surface area (Å²) in [5, 5.41) is 1.58. The number of fused-ring (bicyclic) bond motifs is 1. The first kappa shape index (κ1) is 24.8. The molecule has 2 aromatic heterocycles. The van der Waals surface area contributed by atoms with Gasteiger partial charge in [-0.05, 0) is 41.5 Å². The van der Waals surface area contributed by atoms with Gasteiger partial charge < -0.3 is 9.80 Å². The number of benzene rings is 3. The number of aromatic nitrogens is 3. The van der Waals surface area contributed by atoms with E-state index in [1.165, 1.54) is 12.1 Å². The molecule has 5 aromatic rings. The summed E-state index contributed by atoms with van der Waals surface area (Å²) in [4.78, 5) is 26.3. The van der Waals surface area contributed by atoms with Crippen LogP contribution in [0.5, 0.6) is 0 Å². The maximum Gasteiger partial charge on any atom is 0.246 e. The summed E-state index contributed by atoms with van der Waals surface area (Å²) >= 11 is 6.59. The number of carbonyl (C=O) groups excluding carboxylic acids is 1. The lowest BCUT2D eigenvalue weighted by Gasteiger charge is -2.35. The summed E-state index contributed by atoms with van der Waals surface area (Å²) < 4.78 is 15.2. The number of amides is 1. The van der Waals surface area contributed by atoms with Crippen molar-refractivity contribution in [2.75, 3.05) is 31.1 Å². The zero-order valence-corrected chi connectivity index (χ0v) is 21.8. The molecule has 1 aliphatic rings. The standard InChI is InChI=1S/C31H25ClFN5O/c32-26-8-4-5-9-27(26)38-20-25(23-6-2-1-3-7-23)29-30(34-21-35-31(29)38)37-18-16-36(17-19-37)28(39)15-12-22-10-13-24(33)14-11-22/h1-15,20-21H,16-19H2/b15-12+. The minimum atomic E-state index is -0.300. The highest BCUT2D eigenvalue weighted by atomic mass is 35.5. The Bertz CT molecular complexity index is 1660. The summed E-state index contributed by atoms with van der Waals surface area (Å²) in [7, 11) is 0. The number of hydrogen-bond acceptors (Lipinski definition) is 4. The molecule has 3 heterocycles. The van der Waals surface area contributed by atoms with E-state index in [9.17, 15) is 9.18 Å². The average Bonchev–Trinajstić information content (AvgIpc) is 3.37. The fourth-order valence-corrected chi connectivity index (χ4v) is 5.17. The molecule has 0 aliphatic carbocycles. The number of carbonyl (C=O) groups is 1. The fraction of sp³-hybridized carbons (Fsp3) is 0.129. The number of rotatable bonds is 5. The van der Waals surface area contributed by atoms with Crippen LogP contribution in [-0.4, -0.2) is 51.5 Å². The molecule has 6 nitrogen and oxygen atoms in total. The van der Waals surface area contributed by atoms with Gasteiger partial charge in [0.15, 0.2) is 5.65 Å². The quantitative estimate of drug-likeness (QED) is 0.249. The summed E-state index contributed by atoms with van der Waals surface area (Å²) in [5.74, 6) is 0.464. The maximum atomic E-state index is 13.2. The third-order valence-electron chi connectivity index (χ3n) is 6.94. The van der Waals surface area contributed by atoms with Crippen LogP contribution in [-0.2, 0) is 4.79 Å². The van der Waals surface area contributed by atoms with Gasteiger partial charge in [-0.3, -0.25) is 9.36 Å². The second-order valence-electron chi connectivity index (χ2n) is 9.32. The van der Waals surface area contributed by atoms with Crippen molar-refractivity contribution in [1.29, 1.82) is 0 Å². The monoisotopic (exact) mass is 537 g/mol. The Balaban J connectivity index is 1.30. The van der Waals surface area contributed by atoms with Crippen LogP contribution in [0.2, 0.25) is 5.02 Å². The van der Waals surface area contributed by atoms with Crippen molar-refractivity contribution in [2.45, 2.75) is 0 Å². The smallest absolute Gasteiger partial charge is 0.246 e. The molecule has 0 spiro atoms. The van der Waals surface area contributed by atoms with Crippen molar-refractivity contribution >= 4 is 40.4 Å². The highest BCUT2D eigenvalue weighted by Gasteiger charge is 2.25. The van der Waals surface area contributed by atoms with Gasteiger partial charge in [0.2, 0.25) is 5.91 Å². The molecule has 1 amide bonds. The Morgan fingerprint density at radius 2 is 1.59 bits per heavy atom. The molecular formula is C31H25ClFN5O. The fourth-order valence-electron chi connectivity index (χ4n) is 4.94. The van der Waals surface area contributed by atoms with E-state index in [4.69, 9.17) is 16.6 Å². The van der Waals surface area contributed by atoms with Gasteiger partial charge in [-0.2, -0.15) is 0 Å². The molecule has 0 radical (unpaired) electrons. The molecule has 3 aromatic carbocycles. The van der Waals surface area contributed by atoms with Gasteiger partial charge in [-0.15, -0.1) is 0 Å². The number of hydrogen-bond donors (Lipinski definition) is 0. The molecule has 0 saturated carbocycles. The first-order chi connectivity index (χ1) is 19.1. The van der Waals surface area contributed by atoms with Crippen molar-refractivity contribution in [3.63, 3.8) is 0 Å². The molecule has 1 saturated heterocycles. The summed E-state index contributed by atoms with van der Waals surface area (Å²) in [6.45, 7) is 2.38. The van der Waals surface area contributed by atoms with E-state index in [1.807, 2.05) is 51.9 Å². The molecule has 6 rings (SSSR count). The number of nitrogens with zero attached hydrogens (tertiary/aromatic N) is 5. The van der Waals surface area contributed by atoms with Crippen LogP contribution in [0.4, 0.5) is 10.2 Å². The summed E-state index contributed by atoms with van der Waals surface area (Å²) in [5.41, 5.74) is 4.47. The van der Waals surface area contributed by atoms with Crippen LogP contribution in [0.3, 0.4) is 0 Å². The highest BCUT2D eigenvalue weighted by molar-refractivity contribution is 6.32. The predicted octanol–water partition coefficient (Wildman–Crippen LogP) is 6.24. The predicted molar refractivity (Wildman–Crippen MR) is 154 cm³/mol. The summed E-state index contributed by atoms with van der Waals surface area (Å²) in [6, 6.07) is 23.9. The van der Waals surface area contributed by atoms with Gasteiger partial charge in [0, 0.05) is 44.0 Å². The van der Waals surface area contributed by atoms with E-state index in [0.29, 0.717) is 31.2 Å². The Kier molecular flexibility index (Phi) is 6.82. The van der Waals surface area contributed by atoms with Gasteiger partial charge in [0.25, 0.3) is 0 Å². The molecule has 1 fully saturated rings. The molecule has 8 heteroatoms. The number of para-hydroxylation sites is 1. The van der Waals surface area contributed by atoms with Gasteiger partial charge in [0.05, 0.1) is 16.1 Å². The lowest BCUT2D eigenvalue weighted by atomic mass is 10.1. The lowest BCUT2D eigenvalue weighted by Crippen LogP contribution is -2.48. The number of halogens is 2. The second-order valence-corrected chi connectivity index (χ2v) is 9.73. The van der Waals surface area contributed by atoms with Crippen molar-refractivity contribution in [1.82, 2.24) is 19.4 Å². The maximum absolute atomic E-state index is 13.2. The van der Waals surface area contributed by atoms with E-state index >= 15 is 0 Å². The Labute approximate surface area is 230 Å². The molecule has 0 unspecified atom stereocenters. The molecule has 0 N–H and O–H groups in total. The van der Waals surface area contributed by atoms with E-state index in [2.05, 4.69) is 28.2 Å². The third-order valence-corrected chi connectivity index (χ3v) is 7.26. The topological polar surface area (TPSA) is 54.3 Å². The van der Waals surface area contributed by atoms with Gasteiger partial charge in [0.1, 0.15) is 18.0 Å². The second kappa shape index (κ2) is 10.7. The third kappa shape index (κ3) is 5.01. The van der Waals surface area contributed by atoms with E-state index in [0.717, 1.165) is 39.2 Å².